The number of hydrogen-bond donors (Lipinski definition) is 2. The van der Waals surface area contributed by atoms with Gasteiger partial charge in [0.25, 0.3) is 0 Å². The lowest BCUT2D eigenvalue weighted by Gasteiger charge is -2.19. The number of anilines is 3. The highest BCUT2D eigenvalue weighted by Gasteiger charge is 2.27. The van der Waals surface area contributed by atoms with Gasteiger partial charge in [0.2, 0.25) is 17.7 Å². The number of halogens is 1. The van der Waals surface area contributed by atoms with Crippen LogP contribution in [-0.4, -0.2) is 31.8 Å². The summed E-state index contributed by atoms with van der Waals surface area (Å²) in [5.41, 5.74) is 7.02. The van der Waals surface area contributed by atoms with Crippen LogP contribution in [0.5, 0.6) is 0 Å². The van der Waals surface area contributed by atoms with Crippen LogP contribution in [0.4, 0.5) is 17.5 Å². The fraction of sp³-hybridized carbons (Fsp3) is 0.263. The van der Waals surface area contributed by atoms with Crippen LogP contribution >= 0.6 is 11.6 Å². The molecule has 0 saturated heterocycles. The second-order valence-electron chi connectivity index (χ2n) is 6.60. The molecule has 1 aromatic carbocycles. The van der Waals surface area contributed by atoms with Crippen molar-refractivity contribution in [3.63, 3.8) is 0 Å². The number of aromatic nitrogens is 4. The zero-order chi connectivity index (χ0) is 19.9. The van der Waals surface area contributed by atoms with Crippen molar-refractivity contribution in [1.82, 2.24) is 20.1 Å². The number of nitrogens with two attached hydrogens (primary N) is 1. The third-order valence-electron chi connectivity index (χ3n) is 4.39. The third kappa shape index (κ3) is 3.38. The lowest BCUT2D eigenvalue weighted by atomic mass is 10.1. The summed E-state index contributed by atoms with van der Waals surface area (Å²) < 4.78 is 4.92. The molecule has 1 unspecified atom stereocenters. The number of benzene rings is 1. The van der Waals surface area contributed by atoms with E-state index in [9.17, 15) is 5.11 Å². The molecule has 1 aliphatic heterocycles. The first-order valence-corrected chi connectivity index (χ1v) is 8.96. The Balaban J connectivity index is 1.67. The largest absolute Gasteiger partial charge is 0.371 e. The molecule has 9 heteroatoms. The molecular formula is C19H17ClN6O2. The molecule has 28 heavy (non-hydrogen) atoms. The van der Waals surface area contributed by atoms with E-state index in [4.69, 9.17) is 21.9 Å². The molecule has 0 radical (unpaired) electrons. The van der Waals surface area contributed by atoms with Crippen LogP contribution in [0, 0.1) is 18.8 Å². The minimum Gasteiger partial charge on any atom is -0.371 e. The van der Waals surface area contributed by atoms with Gasteiger partial charge in [-0.1, -0.05) is 34.7 Å². The zero-order valence-corrected chi connectivity index (χ0v) is 16.0. The summed E-state index contributed by atoms with van der Waals surface area (Å²) in [6, 6.07) is 5.84. The molecule has 1 aliphatic rings. The van der Waals surface area contributed by atoms with Crippen LogP contribution in [0.3, 0.4) is 0 Å². The number of nitrogens with zero attached hydrogens (tertiary/aromatic N) is 5. The van der Waals surface area contributed by atoms with Gasteiger partial charge in [-0.25, -0.2) is 4.98 Å². The van der Waals surface area contributed by atoms with Gasteiger partial charge in [0.15, 0.2) is 11.4 Å². The van der Waals surface area contributed by atoms with Crippen molar-refractivity contribution in [3.8, 4) is 11.8 Å². The molecule has 3 N–H and O–H groups in total. The van der Waals surface area contributed by atoms with Crippen molar-refractivity contribution < 1.29 is 9.63 Å². The van der Waals surface area contributed by atoms with E-state index in [0.29, 0.717) is 16.7 Å². The Morgan fingerprint density at radius 2 is 2.18 bits per heavy atom. The van der Waals surface area contributed by atoms with Crippen molar-refractivity contribution in [2.45, 2.75) is 25.9 Å². The van der Waals surface area contributed by atoms with Gasteiger partial charge in [-0.15, -0.1) is 0 Å². The summed E-state index contributed by atoms with van der Waals surface area (Å²) in [5, 5.41) is 14.7. The van der Waals surface area contributed by atoms with E-state index < -0.39 is 5.60 Å². The highest BCUT2D eigenvalue weighted by molar-refractivity contribution is 6.33. The van der Waals surface area contributed by atoms with Gasteiger partial charge in [0.1, 0.15) is 5.02 Å². The lowest BCUT2D eigenvalue weighted by Crippen LogP contribution is -2.20. The van der Waals surface area contributed by atoms with Crippen molar-refractivity contribution in [3.05, 3.63) is 52.3 Å². The van der Waals surface area contributed by atoms with E-state index in [1.807, 2.05) is 23.1 Å². The van der Waals surface area contributed by atoms with Crippen molar-refractivity contribution in [1.29, 1.82) is 0 Å². The second kappa shape index (κ2) is 6.78. The first kappa shape index (κ1) is 18.2. The summed E-state index contributed by atoms with van der Waals surface area (Å²) in [6.45, 7) is 3.90. The fourth-order valence-electron chi connectivity index (χ4n) is 2.98. The summed E-state index contributed by atoms with van der Waals surface area (Å²) in [7, 11) is 0. The molecule has 1 atom stereocenters. The van der Waals surface area contributed by atoms with Crippen molar-refractivity contribution in [2.75, 3.05) is 17.2 Å². The summed E-state index contributed by atoms with van der Waals surface area (Å²) in [5.74, 6) is 7.00. The molecule has 0 bridgehead atoms. The van der Waals surface area contributed by atoms with Crippen LogP contribution in [0.2, 0.25) is 5.02 Å². The Labute approximate surface area is 166 Å². The Morgan fingerprint density at radius 1 is 1.36 bits per heavy atom. The maximum atomic E-state index is 10.5. The summed E-state index contributed by atoms with van der Waals surface area (Å²) >= 11 is 6.27. The number of aryl methyl sites for hydroxylation is 1. The van der Waals surface area contributed by atoms with E-state index in [0.717, 1.165) is 29.8 Å². The summed E-state index contributed by atoms with van der Waals surface area (Å²) in [6.07, 6.45) is 2.34. The maximum Gasteiger partial charge on any atom is 0.223 e. The second-order valence-corrected chi connectivity index (χ2v) is 7.01. The molecule has 0 amide bonds. The lowest BCUT2D eigenvalue weighted by molar-refractivity contribution is 0.108. The van der Waals surface area contributed by atoms with E-state index in [1.54, 1.807) is 6.92 Å². The molecule has 0 fully saturated rings. The smallest absolute Gasteiger partial charge is 0.223 e. The number of fused-ring (bicyclic) bond motifs is 1. The molecule has 0 saturated carbocycles. The number of nitrogen functional groups attached to an aromatic ring is 1. The van der Waals surface area contributed by atoms with Crippen molar-refractivity contribution in [2.24, 2.45) is 0 Å². The topological polar surface area (TPSA) is 114 Å². The van der Waals surface area contributed by atoms with Gasteiger partial charge in [0.05, 0.1) is 6.20 Å². The van der Waals surface area contributed by atoms with E-state index in [-0.39, 0.29) is 11.8 Å². The average Bonchev–Trinajstić information content (AvgIpc) is 3.28. The van der Waals surface area contributed by atoms with Gasteiger partial charge < -0.3 is 20.3 Å². The Hall–Kier alpha value is -3.15. The number of rotatable bonds is 2. The summed E-state index contributed by atoms with van der Waals surface area (Å²) in [4.78, 5) is 14.2. The Bertz CT molecular complexity index is 1120. The third-order valence-corrected chi connectivity index (χ3v) is 4.66. The van der Waals surface area contributed by atoms with E-state index in [2.05, 4.69) is 31.9 Å². The Kier molecular flexibility index (Phi) is 4.41. The highest BCUT2D eigenvalue weighted by Crippen LogP contribution is 2.37. The van der Waals surface area contributed by atoms with Crippen molar-refractivity contribution >= 4 is 29.1 Å². The van der Waals surface area contributed by atoms with Gasteiger partial charge in [-0.2, -0.15) is 9.97 Å². The molecule has 4 rings (SSSR count). The first-order chi connectivity index (χ1) is 13.3. The molecule has 142 valence electrons. The first-order valence-electron chi connectivity index (χ1n) is 8.58. The predicted molar refractivity (Wildman–Crippen MR) is 104 cm³/mol. The molecule has 8 nitrogen and oxygen atoms in total. The predicted octanol–water partition coefficient (Wildman–Crippen LogP) is 2.36. The van der Waals surface area contributed by atoms with Gasteiger partial charge >= 0.3 is 0 Å². The average molecular weight is 397 g/mol. The molecular weight excluding hydrogens is 380 g/mol. The van der Waals surface area contributed by atoms with Gasteiger partial charge in [0, 0.05) is 24.7 Å². The minimum atomic E-state index is -1.53. The Morgan fingerprint density at radius 3 is 2.93 bits per heavy atom. The van der Waals surface area contributed by atoms with Gasteiger partial charge in [-0.05, 0) is 31.0 Å². The standard InChI is InChI=1S/C19H17ClN6O2/c1-11-23-17(25-28-11)19(2,27)7-5-12-3-4-13-6-8-26(15(13)9-12)16-14(20)10-22-18(21)24-16/h3-4,9-10,27H,6,8H2,1-2H3,(H2,21,22,24). The highest BCUT2D eigenvalue weighted by atomic mass is 35.5. The number of hydrogen-bond acceptors (Lipinski definition) is 8. The molecule has 0 aliphatic carbocycles. The van der Waals surface area contributed by atoms with Crippen LogP contribution in [0.25, 0.3) is 0 Å². The molecule has 3 aromatic rings. The SMILES string of the molecule is Cc1nc(C(C)(O)C#Cc2ccc3c(c2)N(c2nc(N)ncc2Cl)CC3)no1. The molecule has 3 heterocycles. The minimum absolute atomic E-state index is 0.128. The van der Waals surface area contributed by atoms with Crippen LogP contribution < -0.4 is 10.6 Å². The molecule has 2 aromatic heterocycles. The normalized spacial score (nSPS) is 14.9. The van der Waals surface area contributed by atoms with Crippen LogP contribution in [-0.2, 0) is 12.0 Å². The van der Waals surface area contributed by atoms with Gasteiger partial charge in [-0.3, -0.25) is 0 Å². The number of aliphatic hydroxyl groups is 1. The van der Waals surface area contributed by atoms with Crippen LogP contribution in [0.1, 0.15) is 29.8 Å². The molecule has 0 spiro atoms. The monoisotopic (exact) mass is 396 g/mol. The fourth-order valence-corrected chi connectivity index (χ4v) is 3.18. The van der Waals surface area contributed by atoms with E-state index >= 15 is 0 Å². The maximum absolute atomic E-state index is 10.5. The van der Waals surface area contributed by atoms with Crippen LogP contribution in [0.15, 0.2) is 28.9 Å². The zero-order valence-electron chi connectivity index (χ0n) is 15.3. The van der Waals surface area contributed by atoms with E-state index in [1.165, 1.54) is 13.1 Å². The quantitative estimate of drug-likeness (QED) is 0.634.